The van der Waals surface area contributed by atoms with Gasteiger partial charge in [0, 0.05) is 0 Å². The number of alkyl halides is 8. The van der Waals surface area contributed by atoms with Crippen LogP contribution < -0.4 is 0 Å². The van der Waals surface area contributed by atoms with Crippen LogP contribution in [0.15, 0.2) is 0 Å². The van der Waals surface area contributed by atoms with Gasteiger partial charge in [0.25, 0.3) is 0 Å². The van der Waals surface area contributed by atoms with E-state index >= 15 is 0 Å². The van der Waals surface area contributed by atoms with Crippen LogP contribution in [0.5, 0.6) is 0 Å². The summed E-state index contributed by atoms with van der Waals surface area (Å²) in [7, 11) is -2.17. The van der Waals surface area contributed by atoms with Crippen LogP contribution in [0.3, 0.4) is 0 Å². The molecule has 28 heavy (non-hydrogen) atoms. The van der Waals surface area contributed by atoms with Crippen LogP contribution in [0.25, 0.3) is 0 Å². The first-order valence-corrected chi connectivity index (χ1v) is 5.50. The largest absolute Gasteiger partial charge is 0.631 e. The molecule has 0 aliphatic rings. The highest BCUT2D eigenvalue weighted by atomic mass is 19.4. The van der Waals surface area contributed by atoms with E-state index < -0.39 is 54.9 Å². The van der Waals surface area contributed by atoms with Gasteiger partial charge in [0.1, 0.15) is 0 Å². The van der Waals surface area contributed by atoms with E-state index in [1.165, 1.54) is 0 Å². The number of carbonyl (C=O) groups is 4. The van der Waals surface area contributed by atoms with Crippen LogP contribution in [0, 0.1) is 0 Å². The molecular weight excluding hydrogens is 435 g/mol. The van der Waals surface area contributed by atoms with E-state index in [9.17, 15) is 54.3 Å². The first-order valence-electron chi connectivity index (χ1n) is 5.50. The standard InChI is InChI=1S/2C4H2F4O4.BH3O3/c2*5-3(1(9)10,2(11)12)4(6,7)8;2-1(3)4/h2*(H,9,10)(H,11,12);2-4H. The molecule has 0 radical (unpaired) electrons. The van der Waals surface area contributed by atoms with Gasteiger partial charge in [-0.15, -0.1) is 0 Å². The van der Waals surface area contributed by atoms with E-state index in [1.54, 1.807) is 0 Å². The van der Waals surface area contributed by atoms with Crippen LogP contribution >= 0.6 is 0 Å². The summed E-state index contributed by atoms with van der Waals surface area (Å²) in [6.45, 7) is 0. The first-order chi connectivity index (χ1) is 12.0. The van der Waals surface area contributed by atoms with Crippen LogP contribution in [-0.4, -0.2) is 90.4 Å². The maximum Gasteiger partial charge on any atom is 0.631 e. The Hall–Kier alpha value is -2.74. The van der Waals surface area contributed by atoms with E-state index in [4.69, 9.17) is 35.5 Å². The summed E-state index contributed by atoms with van der Waals surface area (Å²) in [5, 5.41) is 52.2. The summed E-state index contributed by atoms with van der Waals surface area (Å²) >= 11 is 0. The Morgan fingerprint density at radius 1 is 0.500 bits per heavy atom. The Kier molecular flexibility index (Phi) is 10.7. The SMILES string of the molecule is O=C(O)C(F)(C(=O)O)C(F)(F)F.O=C(O)C(F)(C(=O)O)C(F)(F)F.OB(O)O. The van der Waals surface area contributed by atoms with Gasteiger partial charge in [0.2, 0.25) is 0 Å². The Labute approximate surface area is 146 Å². The minimum Gasteiger partial charge on any atom is -0.478 e. The van der Waals surface area contributed by atoms with Gasteiger partial charge >= 0.3 is 54.9 Å². The lowest BCUT2D eigenvalue weighted by atomic mass is 10.1. The third-order valence-corrected chi connectivity index (χ3v) is 1.96. The minimum atomic E-state index is -5.97. The van der Waals surface area contributed by atoms with Crippen molar-refractivity contribution in [3.63, 3.8) is 0 Å². The van der Waals surface area contributed by atoms with Crippen molar-refractivity contribution >= 4 is 31.2 Å². The molecule has 164 valence electrons. The Bertz CT molecular complexity index is 507. The second-order valence-electron chi connectivity index (χ2n) is 3.88. The van der Waals surface area contributed by atoms with Crippen molar-refractivity contribution in [3.8, 4) is 0 Å². The van der Waals surface area contributed by atoms with E-state index in [0.29, 0.717) is 0 Å². The topological polar surface area (TPSA) is 210 Å². The first kappa shape index (κ1) is 30.0. The number of carboxylic acid groups (broad SMARTS) is 4. The molecule has 0 unspecified atom stereocenters. The van der Waals surface area contributed by atoms with Crippen molar-refractivity contribution in [2.24, 2.45) is 0 Å². The molecule has 0 heterocycles. The molecule has 7 N–H and O–H groups in total. The molecular formula is C8H7BF8O11. The van der Waals surface area contributed by atoms with Gasteiger partial charge in [-0.25, -0.2) is 28.0 Å². The van der Waals surface area contributed by atoms with Gasteiger partial charge in [-0.1, -0.05) is 0 Å². The van der Waals surface area contributed by atoms with Gasteiger partial charge in [-0.05, 0) is 0 Å². The van der Waals surface area contributed by atoms with Crippen LogP contribution in [0.1, 0.15) is 0 Å². The highest BCUT2D eigenvalue weighted by Crippen LogP contribution is 2.35. The number of carboxylic acids is 4. The zero-order valence-electron chi connectivity index (χ0n) is 12.4. The molecule has 0 rings (SSSR count). The van der Waals surface area contributed by atoms with E-state index in [0.717, 1.165) is 0 Å². The maximum atomic E-state index is 12.2. The van der Waals surface area contributed by atoms with Crippen molar-refractivity contribution < 1.29 is 89.8 Å². The summed E-state index contributed by atoms with van der Waals surface area (Å²) in [5.41, 5.74) is -10.5. The predicted molar refractivity (Wildman–Crippen MR) is 62.7 cm³/mol. The van der Waals surface area contributed by atoms with Crippen molar-refractivity contribution in [2.45, 2.75) is 23.7 Å². The maximum absolute atomic E-state index is 12.2. The molecule has 0 aliphatic carbocycles. The average molecular weight is 442 g/mol. The third kappa shape index (κ3) is 7.48. The van der Waals surface area contributed by atoms with E-state index in [1.807, 2.05) is 0 Å². The summed E-state index contributed by atoms with van der Waals surface area (Å²) in [4.78, 5) is 38.5. The third-order valence-electron chi connectivity index (χ3n) is 1.96. The fourth-order valence-electron chi connectivity index (χ4n) is 0.668. The molecule has 0 aromatic rings. The molecule has 0 fully saturated rings. The van der Waals surface area contributed by atoms with Gasteiger partial charge < -0.3 is 35.5 Å². The second-order valence-corrected chi connectivity index (χ2v) is 3.88. The number of hydrogen-bond donors (Lipinski definition) is 7. The highest BCUT2D eigenvalue weighted by molar-refractivity contribution is 6.30. The molecule has 0 aromatic carbocycles. The molecule has 0 bridgehead atoms. The number of aliphatic carboxylic acids is 4. The van der Waals surface area contributed by atoms with Crippen molar-refractivity contribution in [1.82, 2.24) is 0 Å². The van der Waals surface area contributed by atoms with Crippen molar-refractivity contribution in [2.75, 3.05) is 0 Å². The Morgan fingerprint density at radius 2 is 0.607 bits per heavy atom. The van der Waals surface area contributed by atoms with Gasteiger partial charge in [-0.2, -0.15) is 26.3 Å². The molecule has 0 amide bonds. The molecule has 20 heteroatoms. The smallest absolute Gasteiger partial charge is 0.478 e. The summed E-state index contributed by atoms with van der Waals surface area (Å²) in [6.07, 6.45) is -11.9. The Balaban J connectivity index is -0.000000375. The van der Waals surface area contributed by atoms with Crippen molar-refractivity contribution in [3.05, 3.63) is 0 Å². The second kappa shape index (κ2) is 9.99. The normalized spacial score (nSPS) is 11.8. The average Bonchev–Trinajstić information content (AvgIpc) is 2.41. The molecule has 0 aliphatic heterocycles. The van der Waals surface area contributed by atoms with Gasteiger partial charge in [0.05, 0.1) is 0 Å². The lowest BCUT2D eigenvalue weighted by Crippen LogP contribution is -2.54. The summed E-state index contributed by atoms with van der Waals surface area (Å²) in [6, 6.07) is 0. The van der Waals surface area contributed by atoms with Crippen molar-refractivity contribution in [1.29, 1.82) is 0 Å². The van der Waals surface area contributed by atoms with Crippen LogP contribution in [0.2, 0.25) is 0 Å². The lowest BCUT2D eigenvalue weighted by Gasteiger charge is -2.18. The fourth-order valence-corrected chi connectivity index (χ4v) is 0.668. The monoisotopic (exact) mass is 442 g/mol. The molecule has 0 spiro atoms. The molecule has 11 nitrogen and oxygen atoms in total. The quantitative estimate of drug-likeness (QED) is 0.156. The summed E-state index contributed by atoms with van der Waals surface area (Å²) in [5.74, 6) is -12.4. The van der Waals surface area contributed by atoms with Crippen LogP contribution in [-0.2, 0) is 19.2 Å². The molecule has 0 saturated carbocycles. The Morgan fingerprint density at radius 3 is 0.607 bits per heavy atom. The molecule has 0 saturated heterocycles. The van der Waals surface area contributed by atoms with E-state index in [-0.39, 0.29) is 0 Å². The zero-order valence-corrected chi connectivity index (χ0v) is 12.4. The zero-order chi connectivity index (χ0) is 23.9. The minimum absolute atomic E-state index is 2.17. The fraction of sp³-hybridized carbons (Fsp3) is 0.500. The van der Waals surface area contributed by atoms with Gasteiger partial charge in [-0.3, -0.25) is 0 Å². The number of hydrogen-bond acceptors (Lipinski definition) is 7. The molecule has 0 aromatic heterocycles. The van der Waals surface area contributed by atoms with Crippen LogP contribution in [0.4, 0.5) is 35.1 Å². The summed E-state index contributed by atoms with van der Waals surface area (Å²) < 4.78 is 93.3. The highest BCUT2D eigenvalue weighted by Gasteiger charge is 2.69. The van der Waals surface area contributed by atoms with Gasteiger partial charge in [0.15, 0.2) is 0 Å². The predicted octanol–water partition coefficient (Wildman–Crippen LogP) is -1.20. The number of halogens is 8. The number of rotatable bonds is 4. The van der Waals surface area contributed by atoms with E-state index in [2.05, 4.69) is 0 Å². The molecule has 0 atom stereocenters. The lowest BCUT2D eigenvalue weighted by molar-refractivity contribution is -0.240.